The fraction of sp³-hybridized carbons (Fsp3) is 0.227. The Morgan fingerprint density at radius 3 is 2.29 bits per heavy atom. The summed E-state index contributed by atoms with van der Waals surface area (Å²) >= 11 is 0. The number of amides is 1. The van der Waals surface area contributed by atoms with Crippen LogP contribution in [0.4, 0.5) is 4.39 Å². The summed E-state index contributed by atoms with van der Waals surface area (Å²) in [5.41, 5.74) is 2.76. The Hall–Kier alpha value is -3.17. The van der Waals surface area contributed by atoms with E-state index < -0.39 is 10.0 Å². The first-order valence-electron chi connectivity index (χ1n) is 9.60. The Labute approximate surface area is 180 Å². The Kier molecular flexibility index (Phi) is 6.77. The largest absolute Gasteiger partial charge is 0.497 e. The molecule has 164 valence electrons. The van der Waals surface area contributed by atoms with Crippen molar-refractivity contribution in [1.82, 2.24) is 14.6 Å². The zero-order valence-corrected chi connectivity index (χ0v) is 18.3. The average molecular weight is 446 g/mol. The molecule has 1 aromatic heterocycles. The van der Waals surface area contributed by atoms with E-state index in [1.807, 2.05) is 11.5 Å². The molecule has 0 atom stereocenters. The molecule has 3 aromatic rings. The van der Waals surface area contributed by atoms with E-state index in [2.05, 4.69) is 10.0 Å². The van der Waals surface area contributed by atoms with E-state index in [9.17, 15) is 17.6 Å². The van der Waals surface area contributed by atoms with Crippen LogP contribution in [0.5, 0.6) is 5.75 Å². The lowest BCUT2D eigenvalue weighted by molar-refractivity contribution is 0.0953. The highest BCUT2D eigenvalue weighted by Crippen LogP contribution is 2.21. The number of carbonyl (C=O) groups excluding carboxylic acids is 1. The summed E-state index contributed by atoms with van der Waals surface area (Å²) in [4.78, 5) is 12.7. The molecule has 0 spiro atoms. The summed E-state index contributed by atoms with van der Waals surface area (Å²) in [5, 5.41) is 2.72. The van der Waals surface area contributed by atoms with Gasteiger partial charge in [-0.1, -0.05) is 0 Å². The summed E-state index contributed by atoms with van der Waals surface area (Å²) in [5.74, 6) is -0.0872. The van der Waals surface area contributed by atoms with Gasteiger partial charge in [-0.2, -0.15) is 0 Å². The van der Waals surface area contributed by atoms with Crippen LogP contribution in [0.3, 0.4) is 0 Å². The van der Waals surface area contributed by atoms with Gasteiger partial charge in [-0.05, 0) is 68.4 Å². The zero-order chi connectivity index (χ0) is 22.6. The molecule has 0 aliphatic heterocycles. The van der Waals surface area contributed by atoms with Gasteiger partial charge in [0, 0.05) is 30.2 Å². The normalized spacial score (nSPS) is 11.4. The molecule has 9 heteroatoms. The van der Waals surface area contributed by atoms with E-state index >= 15 is 0 Å². The van der Waals surface area contributed by atoms with Crippen LogP contribution in [-0.4, -0.2) is 39.1 Å². The molecule has 2 N–H and O–H groups in total. The molecule has 0 aliphatic carbocycles. The first-order valence-corrected chi connectivity index (χ1v) is 11.1. The predicted octanol–water partition coefficient (Wildman–Crippen LogP) is 2.95. The number of nitrogens with zero attached hydrogens (tertiary/aromatic N) is 1. The fourth-order valence-electron chi connectivity index (χ4n) is 3.28. The minimum absolute atomic E-state index is 0.0385. The van der Waals surface area contributed by atoms with Gasteiger partial charge in [0.1, 0.15) is 11.6 Å². The molecular formula is C22H24FN3O4S. The number of nitrogens with one attached hydrogen (secondary N) is 2. The number of hydrogen-bond donors (Lipinski definition) is 2. The number of hydrogen-bond acceptors (Lipinski definition) is 4. The van der Waals surface area contributed by atoms with Gasteiger partial charge in [-0.3, -0.25) is 4.79 Å². The fourth-order valence-corrected chi connectivity index (χ4v) is 4.31. The number of aromatic nitrogens is 1. The standard InChI is InChI=1S/C22H24FN3O4S/c1-15-14-21(16(2)26(15)18-6-4-17(23)5-7-18)22(27)24-12-13-25-31(28,29)20-10-8-19(30-3)9-11-20/h4-11,14,25H,12-13H2,1-3H3,(H,24,27). The van der Waals surface area contributed by atoms with Gasteiger partial charge < -0.3 is 14.6 Å². The smallest absolute Gasteiger partial charge is 0.253 e. The van der Waals surface area contributed by atoms with Crippen LogP contribution in [0, 0.1) is 19.7 Å². The summed E-state index contributed by atoms with van der Waals surface area (Å²) in [6, 6.07) is 13.8. The molecule has 0 bridgehead atoms. The molecule has 1 amide bonds. The van der Waals surface area contributed by atoms with Crippen molar-refractivity contribution in [1.29, 1.82) is 0 Å². The quantitative estimate of drug-likeness (QED) is 0.522. The van der Waals surface area contributed by atoms with Crippen LogP contribution < -0.4 is 14.8 Å². The monoisotopic (exact) mass is 445 g/mol. The number of aryl methyl sites for hydroxylation is 1. The number of benzene rings is 2. The minimum atomic E-state index is -3.69. The van der Waals surface area contributed by atoms with Crippen LogP contribution >= 0.6 is 0 Å². The Morgan fingerprint density at radius 2 is 1.68 bits per heavy atom. The summed E-state index contributed by atoms with van der Waals surface area (Å²) < 4.78 is 47.2. The van der Waals surface area contributed by atoms with Crippen LogP contribution in [0.2, 0.25) is 0 Å². The predicted molar refractivity (Wildman–Crippen MR) is 116 cm³/mol. The van der Waals surface area contributed by atoms with E-state index in [1.54, 1.807) is 37.3 Å². The molecule has 2 aromatic carbocycles. The van der Waals surface area contributed by atoms with Gasteiger partial charge in [0.2, 0.25) is 10.0 Å². The number of halogens is 1. The molecule has 0 aliphatic rings. The molecule has 7 nitrogen and oxygen atoms in total. The highest BCUT2D eigenvalue weighted by atomic mass is 32.2. The number of ether oxygens (including phenoxy) is 1. The van der Waals surface area contributed by atoms with Gasteiger partial charge in [-0.15, -0.1) is 0 Å². The number of sulfonamides is 1. The van der Waals surface area contributed by atoms with Crippen LogP contribution in [0.15, 0.2) is 59.5 Å². The van der Waals surface area contributed by atoms with Crippen molar-refractivity contribution in [3.05, 3.63) is 77.4 Å². The summed E-state index contributed by atoms with van der Waals surface area (Å²) in [7, 11) is -2.19. The maximum atomic E-state index is 13.2. The van der Waals surface area contributed by atoms with Gasteiger partial charge in [-0.25, -0.2) is 17.5 Å². The maximum absolute atomic E-state index is 13.2. The molecule has 3 rings (SSSR count). The van der Waals surface area contributed by atoms with Gasteiger partial charge >= 0.3 is 0 Å². The Bertz CT molecular complexity index is 1170. The number of methoxy groups -OCH3 is 1. The van der Waals surface area contributed by atoms with E-state index in [1.165, 1.54) is 31.4 Å². The molecular weight excluding hydrogens is 421 g/mol. The lowest BCUT2D eigenvalue weighted by Crippen LogP contribution is -2.34. The molecule has 0 fully saturated rings. The molecule has 0 saturated heterocycles. The maximum Gasteiger partial charge on any atom is 0.253 e. The van der Waals surface area contributed by atoms with Crippen LogP contribution in [0.1, 0.15) is 21.7 Å². The van der Waals surface area contributed by atoms with Crippen molar-refractivity contribution in [3.8, 4) is 11.4 Å². The lowest BCUT2D eigenvalue weighted by Gasteiger charge is -2.11. The lowest BCUT2D eigenvalue weighted by atomic mass is 10.2. The van der Waals surface area contributed by atoms with Crippen LogP contribution in [0.25, 0.3) is 5.69 Å². The average Bonchev–Trinajstić information content (AvgIpc) is 3.06. The van der Waals surface area contributed by atoms with Crippen molar-refractivity contribution >= 4 is 15.9 Å². The third-order valence-electron chi connectivity index (χ3n) is 4.83. The molecule has 1 heterocycles. The van der Waals surface area contributed by atoms with Crippen molar-refractivity contribution < 1.29 is 22.3 Å². The second-order valence-corrected chi connectivity index (χ2v) is 8.69. The van der Waals surface area contributed by atoms with E-state index in [0.717, 1.165) is 11.4 Å². The first-order chi connectivity index (χ1) is 14.7. The summed E-state index contributed by atoms with van der Waals surface area (Å²) in [6.45, 7) is 3.82. The van der Waals surface area contributed by atoms with E-state index in [-0.39, 0.29) is 29.7 Å². The van der Waals surface area contributed by atoms with Crippen molar-refractivity contribution in [2.75, 3.05) is 20.2 Å². The van der Waals surface area contributed by atoms with Crippen molar-refractivity contribution in [2.45, 2.75) is 18.7 Å². The van der Waals surface area contributed by atoms with Gasteiger partial charge in [0.05, 0.1) is 17.6 Å². The Morgan fingerprint density at radius 1 is 1.03 bits per heavy atom. The molecule has 0 radical (unpaired) electrons. The first kappa shape index (κ1) is 22.5. The highest BCUT2D eigenvalue weighted by Gasteiger charge is 2.17. The van der Waals surface area contributed by atoms with Gasteiger partial charge in [0.15, 0.2) is 0 Å². The van der Waals surface area contributed by atoms with Gasteiger partial charge in [0.25, 0.3) is 5.91 Å². The second kappa shape index (κ2) is 9.32. The number of rotatable bonds is 8. The van der Waals surface area contributed by atoms with E-state index in [0.29, 0.717) is 17.0 Å². The third kappa shape index (κ3) is 5.12. The minimum Gasteiger partial charge on any atom is -0.497 e. The molecule has 31 heavy (non-hydrogen) atoms. The third-order valence-corrected chi connectivity index (χ3v) is 6.31. The zero-order valence-electron chi connectivity index (χ0n) is 17.5. The van der Waals surface area contributed by atoms with Crippen LogP contribution in [-0.2, 0) is 10.0 Å². The van der Waals surface area contributed by atoms with Crippen molar-refractivity contribution in [3.63, 3.8) is 0 Å². The Balaban J connectivity index is 1.61. The highest BCUT2D eigenvalue weighted by molar-refractivity contribution is 7.89. The number of carbonyl (C=O) groups is 1. The SMILES string of the molecule is COc1ccc(S(=O)(=O)NCCNC(=O)c2cc(C)n(-c3ccc(F)cc3)c2C)cc1. The summed E-state index contributed by atoms with van der Waals surface area (Å²) in [6.07, 6.45) is 0. The molecule has 0 unspecified atom stereocenters. The topological polar surface area (TPSA) is 89.4 Å². The van der Waals surface area contributed by atoms with Crippen molar-refractivity contribution in [2.24, 2.45) is 0 Å². The van der Waals surface area contributed by atoms with E-state index in [4.69, 9.17) is 4.74 Å². The second-order valence-electron chi connectivity index (χ2n) is 6.93. The molecule has 0 saturated carbocycles.